The van der Waals surface area contributed by atoms with Crippen LogP contribution >= 0.6 is 0 Å². The summed E-state index contributed by atoms with van der Waals surface area (Å²) in [5.41, 5.74) is 12.1. The van der Waals surface area contributed by atoms with Crippen LogP contribution in [0.25, 0.3) is 22.0 Å². The number of nitrogens with one attached hydrogen (secondary N) is 4. The number of hydrogen-bond donors (Lipinski definition) is 4. The fourth-order valence-electron chi connectivity index (χ4n) is 4.97. The minimum atomic E-state index is -0.576. The Labute approximate surface area is 243 Å². The molecule has 4 aromatic rings. The first-order chi connectivity index (χ1) is 20.2. The summed E-state index contributed by atoms with van der Waals surface area (Å²) in [6, 6.07) is 15.6. The minimum Gasteiger partial charge on any atom is -0.383 e. The van der Waals surface area contributed by atoms with Gasteiger partial charge in [0, 0.05) is 53.4 Å². The van der Waals surface area contributed by atoms with Gasteiger partial charge in [0.1, 0.15) is 11.9 Å². The first-order valence-electron chi connectivity index (χ1n) is 13.9. The molecule has 1 unspecified atom stereocenters. The molecular formula is C32H32F2N8. The van der Waals surface area contributed by atoms with Crippen molar-refractivity contribution in [2.45, 2.75) is 45.7 Å². The summed E-state index contributed by atoms with van der Waals surface area (Å²) < 4.78 is 27.7. The molecule has 1 saturated carbocycles. The van der Waals surface area contributed by atoms with Crippen molar-refractivity contribution in [2.75, 3.05) is 17.2 Å². The van der Waals surface area contributed by atoms with Gasteiger partial charge in [-0.15, -0.1) is 5.53 Å². The van der Waals surface area contributed by atoms with Crippen molar-refractivity contribution >= 4 is 22.3 Å². The molecule has 1 aliphatic heterocycles. The van der Waals surface area contributed by atoms with Gasteiger partial charge >= 0.3 is 0 Å². The third-order valence-corrected chi connectivity index (χ3v) is 7.30. The van der Waals surface area contributed by atoms with Gasteiger partial charge in [0.15, 0.2) is 0 Å². The fourth-order valence-corrected chi connectivity index (χ4v) is 4.97. The Morgan fingerprint density at radius 3 is 2.52 bits per heavy atom. The van der Waals surface area contributed by atoms with E-state index in [1.54, 1.807) is 24.4 Å². The van der Waals surface area contributed by atoms with Crippen LogP contribution in [0, 0.1) is 28.5 Å². The topological polar surface area (TPSA) is 101 Å². The van der Waals surface area contributed by atoms with E-state index >= 15 is 0 Å². The molecule has 6 rings (SSSR count). The number of rotatable bonds is 8. The molecule has 8 nitrogen and oxygen atoms in total. The van der Waals surface area contributed by atoms with Crippen LogP contribution in [0.4, 0.5) is 20.2 Å². The summed E-state index contributed by atoms with van der Waals surface area (Å²) in [5.74, 6) is -0.891. The zero-order valence-corrected chi connectivity index (χ0v) is 23.7. The number of pyridine rings is 2. The molecule has 0 radical (unpaired) electrons. The summed E-state index contributed by atoms with van der Waals surface area (Å²) in [6.07, 6.45) is 7.31. The molecule has 0 bridgehead atoms. The van der Waals surface area contributed by atoms with Crippen molar-refractivity contribution in [2.24, 2.45) is 5.41 Å². The van der Waals surface area contributed by atoms with Gasteiger partial charge in [0.25, 0.3) is 0 Å². The molecule has 0 amide bonds. The highest BCUT2D eigenvalue weighted by Crippen LogP contribution is 2.38. The molecule has 0 spiro atoms. The van der Waals surface area contributed by atoms with Gasteiger partial charge in [-0.1, -0.05) is 32.9 Å². The Balaban J connectivity index is 1.50. The van der Waals surface area contributed by atoms with Crippen LogP contribution in [0.3, 0.4) is 0 Å². The molecule has 1 aliphatic carbocycles. The van der Waals surface area contributed by atoms with Crippen LogP contribution in [-0.4, -0.2) is 27.6 Å². The number of nitrogens with zero attached hydrogens (tertiary/aromatic N) is 4. The highest BCUT2D eigenvalue weighted by atomic mass is 19.1. The maximum Gasteiger partial charge on any atom is 0.212 e. The van der Waals surface area contributed by atoms with Crippen molar-refractivity contribution in [1.82, 2.24) is 25.9 Å². The number of hydrazine groups is 2. The smallest absolute Gasteiger partial charge is 0.212 e. The van der Waals surface area contributed by atoms with Crippen LogP contribution in [0.5, 0.6) is 0 Å². The number of benzene rings is 2. The summed E-state index contributed by atoms with van der Waals surface area (Å²) in [7, 11) is 0. The average molecular weight is 567 g/mol. The van der Waals surface area contributed by atoms with E-state index in [-0.39, 0.29) is 17.3 Å². The number of halogens is 2. The molecule has 10 heteroatoms. The summed E-state index contributed by atoms with van der Waals surface area (Å²) in [5, 5.41) is 19.9. The molecular weight excluding hydrogens is 534 g/mol. The Morgan fingerprint density at radius 1 is 1.07 bits per heavy atom. The Kier molecular flexibility index (Phi) is 7.12. The van der Waals surface area contributed by atoms with Crippen molar-refractivity contribution in [3.8, 4) is 17.2 Å². The Hall–Kier alpha value is -4.75. The van der Waals surface area contributed by atoms with Gasteiger partial charge in [0.2, 0.25) is 5.95 Å². The highest BCUT2D eigenvalue weighted by molar-refractivity contribution is 6.04. The lowest BCUT2D eigenvalue weighted by Gasteiger charge is -2.24. The third kappa shape index (κ3) is 5.83. The molecule has 4 N–H and O–H groups in total. The van der Waals surface area contributed by atoms with E-state index in [1.807, 2.05) is 18.3 Å². The normalized spacial score (nSPS) is 15.6. The number of anilines is 2. The number of nitriles is 1. The molecule has 1 atom stereocenters. The lowest BCUT2D eigenvalue weighted by atomic mass is 9.95. The van der Waals surface area contributed by atoms with Crippen molar-refractivity contribution in [3.05, 3.63) is 95.7 Å². The van der Waals surface area contributed by atoms with E-state index in [4.69, 9.17) is 0 Å². The van der Waals surface area contributed by atoms with Gasteiger partial charge in [-0.2, -0.15) is 9.65 Å². The van der Waals surface area contributed by atoms with Gasteiger partial charge in [-0.25, -0.2) is 9.37 Å². The molecule has 214 valence electrons. The minimum absolute atomic E-state index is 0.0450. The van der Waals surface area contributed by atoms with E-state index < -0.39 is 5.95 Å². The quantitative estimate of drug-likeness (QED) is 0.182. The molecule has 42 heavy (non-hydrogen) atoms. The standard InChI is InChI=1S/C32H32F2N8/c1-32(2,3)18-38-29-21(14-35)16-37-31-25(20-6-11-28(34)36-15-20)12-23(13-26(29)31)39-30(19-4-7-22(33)8-5-19)27-17-42(41-40-27)24-9-10-24/h4-8,11-13,15-17,24,30,39-41H,9-10,18H2,1-3H3,(H,37,38). The molecule has 2 aliphatic rings. The van der Waals surface area contributed by atoms with Crippen LogP contribution in [-0.2, 0) is 0 Å². The molecule has 2 aromatic heterocycles. The summed E-state index contributed by atoms with van der Waals surface area (Å²) in [6.45, 7) is 6.98. The second-order valence-electron chi connectivity index (χ2n) is 12.0. The zero-order valence-electron chi connectivity index (χ0n) is 23.7. The van der Waals surface area contributed by atoms with Gasteiger partial charge < -0.3 is 16.1 Å². The lowest BCUT2D eigenvalue weighted by Crippen LogP contribution is -2.38. The van der Waals surface area contributed by atoms with Crippen molar-refractivity contribution in [1.29, 1.82) is 5.26 Å². The maximum absolute atomic E-state index is 13.9. The van der Waals surface area contributed by atoms with Crippen LogP contribution < -0.4 is 21.6 Å². The monoisotopic (exact) mass is 566 g/mol. The van der Waals surface area contributed by atoms with Gasteiger partial charge in [0.05, 0.1) is 28.5 Å². The van der Waals surface area contributed by atoms with Gasteiger partial charge in [-0.3, -0.25) is 9.99 Å². The van der Waals surface area contributed by atoms with E-state index in [9.17, 15) is 14.0 Å². The second kappa shape index (κ2) is 10.9. The summed E-state index contributed by atoms with van der Waals surface area (Å²) in [4.78, 5) is 8.54. The highest BCUT2D eigenvalue weighted by Gasteiger charge is 2.32. The van der Waals surface area contributed by atoms with E-state index in [1.165, 1.54) is 24.4 Å². The second-order valence-corrected chi connectivity index (χ2v) is 12.0. The van der Waals surface area contributed by atoms with E-state index in [0.29, 0.717) is 34.9 Å². The number of fused-ring (bicyclic) bond motifs is 1. The van der Waals surface area contributed by atoms with Gasteiger partial charge in [-0.05, 0) is 60.2 Å². The largest absolute Gasteiger partial charge is 0.383 e. The predicted octanol–water partition coefficient (Wildman–Crippen LogP) is 6.39. The zero-order chi connectivity index (χ0) is 29.4. The number of aromatic nitrogens is 2. The average Bonchev–Trinajstić information content (AvgIpc) is 3.71. The SMILES string of the molecule is CC(C)(C)CNc1c(C#N)cnc2c(-c3ccc(F)nc3)cc(NC(C3=CN(C4CC4)NN3)c3ccc(F)cc3)cc12. The Morgan fingerprint density at radius 2 is 1.86 bits per heavy atom. The fraction of sp³-hybridized carbons (Fsp3) is 0.281. The van der Waals surface area contributed by atoms with Crippen LogP contribution in [0.1, 0.15) is 50.8 Å². The number of hydrogen-bond acceptors (Lipinski definition) is 8. The summed E-state index contributed by atoms with van der Waals surface area (Å²) >= 11 is 0. The molecule has 1 fully saturated rings. The first-order valence-corrected chi connectivity index (χ1v) is 13.9. The van der Waals surface area contributed by atoms with Crippen LogP contribution in [0.15, 0.2) is 72.8 Å². The first kappa shape index (κ1) is 27.4. The van der Waals surface area contributed by atoms with Crippen LogP contribution in [0.2, 0.25) is 0 Å². The van der Waals surface area contributed by atoms with Crippen molar-refractivity contribution < 1.29 is 8.78 Å². The van der Waals surface area contributed by atoms with E-state index in [0.717, 1.165) is 40.7 Å². The van der Waals surface area contributed by atoms with Crippen molar-refractivity contribution in [3.63, 3.8) is 0 Å². The third-order valence-electron chi connectivity index (χ3n) is 7.30. The lowest BCUT2D eigenvalue weighted by molar-refractivity contribution is 0.260. The molecule has 2 aromatic carbocycles. The predicted molar refractivity (Wildman–Crippen MR) is 160 cm³/mol. The maximum atomic E-state index is 13.9. The van der Waals surface area contributed by atoms with E-state index in [2.05, 4.69) is 63.4 Å². The molecule has 3 heterocycles. The Bertz CT molecular complexity index is 1680. The molecule has 0 saturated heterocycles.